The van der Waals surface area contributed by atoms with Crippen molar-refractivity contribution in [2.24, 2.45) is 0 Å². The number of hydrogen-bond acceptors (Lipinski definition) is 6. The van der Waals surface area contributed by atoms with Gasteiger partial charge in [0.05, 0.1) is 0 Å². The number of esters is 3. The fourth-order valence-electron chi connectivity index (χ4n) is 9.72. The number of hydrogen-bond donors (Lipinski definition) is 0. The molecule has 442 valence electrons. The van der Waals surface area contributed by atoms with E-state index in [1.807, 2.05) is 0 Å². The van der Waals surface area contributed by atoms with Gasteiger partial charge in [-0.3, -0.25) is 14.4 Å². The zero-order chi connectivity index (χ0) is 55.0. The number of carbonyl (C=O) groups excluding carboxylic acids is 3. The van der Waals surface area contributed by atoms with Crippen LogP contribution in [0, 0.1) is 0 Å². The topological polar surface area (TPSA) is 78.9 Å². The van der Waals surface area contributed by atoms with Crippen LogP contribution in [0.1, 0.15) is 348 Å². The second-order valence-electron chi connectivity index (χ2n) is 22.4. The van der Waals surface area contributed by atoms with E-state index in [1.54, 1.807) is 0 Å². The SMILES string of the molecule is CCCCCCC/C=C\C/C=C\C/C=C\CCCCCCCCC(=O)OC(COC(=O)CCCCCCCCCCCCC/C=C\C/C=C\CCCCCCC)COC(=O)CCCCCCCCCCCCCCCC. The van der Waals surface area contributed by atoms with Crippen LogP contribution in [0.4, 0.5) is 0 Å². The van der Waals surface area contributed by atoms with Gasteiger partial charge in [0.25, 0.3) is 0 Å². The first-order valence-corrected chi connectivity index (χ1v) is 33.3. The molecule has 0 rings (SSSR count). The number of rotatable bonds is 61. The van der Waals surface area contributed by atoms with Gasteiger partial charge in [0.1, 0.15) is 13.2 Å². The van der Waals surface area contributed by atoms with Crippen molar-refractivity contribution >= 4 is 17.9 Å². The lowest BCUT2D eigenvalue weighted by atomic mass is 10.0. The molecule has 0 heterocycles. The summed E-state index contributed by atoms with van der Waals surface area (Å²) >= 11 is 0. The third kappa shape index (κ3) is 62.0. The zero-order valence-electron chi connectivity index (χ0n) is 50.8. The summed E-state index contributed by atoms with van der Waals surface area (Å²) in [6.45, 7) is 6.66. The number of unbranched alkanes of at least 4 members (excludes halogenated alkanes) is 40. The summed E-state index contributed by atoms with van der Waals surface area (Å²) in [4.78, 5) is 38.4. The van der Waals surface area contributed by atoms with Gasteiger partial charge in [0.2, 0.25) is 0 Å². The van der Waals surface area contributed by atoms with Crippen LogP contribution in [0.3, 0.4) is 0 Å². The Morgan fingerprint density at radius 3 is 0.737 bits per heavy atom. The minimum atomic E-state index is -0.782. The molecule has 0 saturated carbocycles. The smallest absolute Gasteiger partial charge is 0.306 e. The van der Waals surface area contributed by atoms with Crippen molar-refractivity contribution in [3.63, 3.8) is 0 Å². The molecule has 0 aromatic rings. The molecule has 1 unspecified atom stereocenters. The molecule has 0 radical (unpaired) electrons. The highest BCUT2D eigenvalue weighted by atomic mass is 16.6. The molecule has 0 amide bonds. The van der Waals surface area contributed by atoms with Gasteiger partial charge >= 0.3 is 17.9 Å². The third-order valence-corrected chi connectivity index (χ3v) is 14.7. The van der Waals surface area contributed by atoms with Gasteiger partial charge < -0.3 is 14.2 Å². The second kappa shape index (κ2) is 64.6. The molecule has 0 bridgehead atoms. The van der Waals surface area contributed by atoms with Crippen molar-refractivity contribution in [1.82, 2.24) is 0 Å². The average Bonchev–Trinajstić information content (AvgIpc) is 3.42. The monoisotopic (exact) mass is 1060 g/mol. The molecule has 0 aliphatic rings. The molecule has 0 aliphatic heterocycles. The Balaban J connectivity index is 4.34. The van der Waals surface area contributed by atoms with Crippen molar-refractivity contribution in [1.29, 1.82) is 0 Å². The standard InChI is InChI=1S/C70H126O6/c1-4-7-10-13-16-19-22-25-28-30-32-34-35-37-38-40-42-45-48-51-54-57-60-63-69(72)75-66-67(65-74-68(71)62-59-56-53-50-47-44-27-24-21-18-15-12-9-6-3)76-70(73)64-61-58-55-52-49-46-43-41-39-36-33-31-29-26-23-20-17-14-11-8-5-2/h22-23,25-26,30-33,39,41,67H,4-21,24,27-29,34-38,40,42-66H2,1-3H3/b25-22-,26-23-,32-30-,33-31-,41-39-. The highest BCUT2D eigenvalue weighted by Crippen LogP contribution is 2.17. The van der Waals surface area contributed by atoms with Gasteiger partial charge in [-0.1, -0.05) is 300 Å². The molecule has 0 aliphatic carbocycles. The maximum Gasteiger partial charge on any atom is 0.306 e. The molecule has 0 aromatic carbocycles. The van der Waals surface area contributed by atoms with Crippen LogP contribution < -0.4 is 0 Å². The summed E-state index contributed by atoms with van der Waals surface area (Å²) in [7, 11) is 0. The van der Waals surface area contributed by atoms with E-state index in [2.05, 4.69) is 81.5 Å². The minimum Gasteiger partial charge on any atom is -0.462 e. The van der Waals surface area contributed by atoms with E-state index in [0.29, 0.717) is 19.3 Å². The van der Waals surface area contributed by atoms with Gasteiger partial charge in [-0.15, -0.1) is 0 Å². The van der Waals surface area contributed by atoms with E-state index in [0.717, 1.165) is 83.5 Å². The van der Waals surface area contributed by atoms with Crippen LogP contribution in [0.2, 0.25) is 0 Å². The van der Waals surface area contributed by atoms with E-state index >= 15 is 0 Å². The maximum atomic E-state index is 12.9. The Morgan fingerprint density at radius 2 is 0.474 bits per heavy atom. The summed E-state index contributed by atoms with van der Waals surface area (Å²) in [5.41, 5.74) is 0. The van der Waals surface area contributed by atoms with Crippen molar-refractivity contribution in [3.05, 3.63) is 60.8 Å². The predicted octanol–water partition coefficient (Wildman–Crippen LogP) is 22.7. The number of allylic oxidation sites excluding steroid dienone is 10. The highest BCUT2D eigenvalue weighted by Gasteiger charge is 2.19. The van der Waals surface area contributed by atoms with Gasteiger partial charge in [-0.25, -0.2) is 0 Å². The van der Waals surface area contributed by atoms with Crippen LogP contribution in [-0.2, 0) is 28.6 Å². The Morgan fingerprint density at radius 1 is 0.263 bits per heavy atom. The molecular weight excluding hydrogens is 937 g/mol. The molecule has 6 nitrogen and oxygen atoms in total. The Kier molecular flexibility index (Phi) is 62.2. The van der Waals surface area contributed by atoms with Gasteiger partial charge in [0, 0.05) is 19.3 Å². The Hall–Kier alpha value is -2.89. The molecule has 0 saturated heterocycles. The normalized spacial score (nSPS) is 12.4. The average molecular weight is 1060 g/mol. The lowest BCUT2D eigenvalue weighted by molar-refractivity contribution is -0.167. The van der Waals surface area contributed by atoms with E-state index in [1.165, 1.54) is 225 Å². The number of ether oxygens (including phenoxy) is 3. The summed E-state index contributed by atoms with van der Waals surface area (Å²) in [5, 5.41) is 0. The fraction of sp³-hybridized carbons (Fsp3) is 0.814. The van der Waals surface area contributed by atoms with Crippen LogP contribution in [0.15, 0.2) is 60.8 Å². The number of carbonyl (C=O) groups is 3. The van der Waals surface area contributed by atoms with E-state index in [-0.39, 0.29) is 31.1 Å². The van der Waals surface area contributed by atoms with Crippen molar-refractivity contribution in [2.45, 2.75) is 354 Å². The van der Waals surface area contributed by atoms with Crippen molar-refractivity contribution in [2.75, 3.05) is 13.2 Å². The third-order valence-electron chi connectivity index (χ3n) is 14.7. The van der Waals surface area contributed by atoms with Gasteiger partial charge in [0.15, 0.2) is 6.10 Å². The van der Waals surface area contributed by atoms with Gasteiger partial charge in [-0.05, 0) is 89.9 Å². The summed E-state index contributed by atoms with van der Waals surface area (Å²) in [6, 6.07) is 0. The maximum absolute atomic E-state index is 12.9. The Bertz CT molecular complexity index is 1360. The molecule has 0 aromatic heterocycles. The molecule has 6 heteroatoms. The minimum absolute atomic E-state index is 0.0768. The largest absolute Gasteiger partial charge is 0.462 e. The van der Waals surface area contributed by atoms with Crippen LogP contribution >= 0.6 is 0 Å². The molecule has 76 heavy (non-hydrogen) atoms. The van der Waals surface area contributed by atoms with E-state index < -0.39 is 6.10 Å². The Labute approximate surface area is 472 Å². The summed E-state index contributed by atoms with van der Waals surface area (Å²) < 4.78 is 17.0. The fourth-order valence-corrected chi connectivity index (χ4v) is 9.72. The van der Waals surface area contributed by atoms with Crippen molar-refractivity contribution < 1.29 is 28.6 Å². The molecular formula is C70H126O6. The first kappa shape index (κ1) is 73.1. The van der Waals surface area contributed by atoms with Crippen LogP contribution in [0.5, 0.6) is 0 Å². The molecule has 0 N–H and O–H groups in total. The summed E-state index contributed by atoms with van der Waals surface area (Å²) in [6.07, 6.45) is 82.2. The lowest BCUT2D eigenvalue weighted by Crippen LogP contribution is -2.30. The molecule has 0 fully saturated rings. The zero-order valence-corrected chi connectivity index (χ0v) is 50.8. The predicted molar refractivity (Wildman–Crippen MR) is 330 cm³/mol. The van der Waals surface area contributed by atoms with Gasteiger partial charge in [-0.2, -0.15) is 0 Å². The first-order valence-electron chi connectivity index (χ1n) is 33.3. The second-order valence-corrected chi connectivity index (χ2v) is 22.4. The first-order chi connectivity index (χ1) is 37.5. The van der Waals surface area contributed by atoms with Crippen LogP contribution in [0.25, 0.3) is 0 Å². The quantitative estimate of drug-likeness (QED) is 0.0261. The van der Waals surface area contributed by atoms with E-state index in [9.17, 15) is 14.4 Å². The van der Waals surface area contributed by atoms with Crippen LogP contribution in [-0.4, -0.2) is 37.2 Å². The van der Waals surface area contributed by atoms with Crippen molar-refractivity contribution in [3.8, 4) is 0 Å². The molecule has 1 atom stereocenters. The van der Waals surface area contributed by atoms with E-state index in [4.69, 9.17) is 14.2 Å². The highest BCUT2D eigenvalue weighted by molar-refractivity contribution is 5.71. The lowest BCUT2D eigenvalue weighted by Gasteiger charge is -2.18. The summed E-state index contributed by atoms with van der Waals surface area (Å²) in [5.74, 6) is -0.871. The molecule has 0 spiro atoms.